The number of phenols is 1. The second-order valence-electron chi connectivity index (χ2n) is 4.52. The quantitative estimate of drug-likeness (QED) is 0.755. The number of rotatable bonds is 4. The van der Waals surface area contributed by atoms with Crippen LogP contribution in [0.2, 0.25) is 0 Å². The minimum atomic E-state index is -0.528. The maximum atomic E-state index is 11.8. The van der Waals surface area contributed by atoms with Crippen molar-refractivity contribution in [3.05, 3.63) is 48.2 Å². The monoisotopic (exact) mass is 287 g/mol. The third-order valence-corrected chi connectivity index (χ3v) is 2.61. The van der Waals surface area contributed by atoms with Crippen LogP contribution in [-0.2, 0) is 0 Å². The largest absolute Gasteiger partial charge is 0.508 e. The summed E-state index contributed by atoms with van der Waals surface area (Å²) in [4.78, 5) is 16.0. The van der Waals surface area contributed by atoms with Crippen LogP contribution < -0.4 is 15.4 Å². The van der Waals surface area contributed by atoms with Crippen molar-refractivity contribution in [2.75, 3.05) is 5.32 Å². The first-order chi connectivity index (χ1) is 10.0. The number of phenolic OH excluding ortho intramolecular Hbond substituents is 1. The molecule has 1 aromatic carbocycles. The second-order valence-corrected chi connectivity index (χ2v) is 4.52. The van der Waals surface area contributed by atoms with E-state index in [1.54, 1.807) is 25.1 Å². The summed E-state index contributed by atoms with van der Waals surface area (Å²) in [5, 5.41) is 14.4. The maximum absolute atomic E-state index is 11.8. The van der Waals surface area contributed by atoms with Crippen molar-refractivity contribution in [2.24, 2.45) is 0 Å². The Balaban J connectivity index is 1.86. The first-order valence-corrected chi connectivity index (χ1v) is 6.50. The lowest BCUT2D eigenvalue weighted by atomic mass is 10.3. The molecule has 0 aliphatic heterocycles. The fourth-order valence-corrected chi connectivity index (χ4v) is 1.71. The average molecular weight is 287 g/mol. The van der Waals surface area contributed by atoms with Crippen molar-refractivity contribution in [1.29, 1.82) is 0 Å². The smallest absolute Gasteiger partial charge is 0.323 e. The van der Waals surface area contributed by atoms with Crippen LogP contribution in [0.3, 0.4) is 0 Å². The molecular weight excluding hydrogens is 270 g/mol. The molecule has 0 bridgehead atoms. The van der Waals surface area contributed by atoms with Crippen molar-refractivity contribution in [3.63, 3.8) is 0 Å². The van der Waals surface area contributed by atoms with Gasteiger partial charge in [-0.2, -0.15) is 0 Å². The molecule has 1 aromatic heterocycles. The molecule has 6 heteroatoms. The zero-order chi connectivity index (χ0) is 15.2. The first-order valence-electron chi connectivity index (χ1n) is 6.50. The second kappa shape index (κ2) is 6.60. The summed E-state index contributed by atoms with van der Waals surface area (Å²) in [6.45, 7) is 3.55. The fourth-order valence-electron chi connectivity index (χ4n) is 1.71. The van der Waals surface area contributed by atoms with E-state index in [1.807, 2.05) is 19.1 Å². The number of hydrogen-bond acceptors (Lipinski definition) is 4. The molecule has 1 unspecified atom stereocenters. The van der Waals surface area contributed by atoms with Crippen molar-refractivity contribution >= 4 is 11.8 Å². The van der Waals surface area contributed by atoms with Crippen LogP contribution >= 0.6 is 0 Å². The molecule has 2 rings (SSSR count). The number of aromatic hydroxyl groups is 1. The Morgan fingerprint density at radius 1 is 1.24 bits per heavy atom. The number of urea groups is 1. The lowest BCUT2D eigenvalue weighted by Crippen LogP contribution is -2.39. The number of anilines is 1. The zero-order valence-corrected chi connectivity index (χ0v) is 11.8. The zero-order valence-electron chi connectivity index (χ0n) is 11.8. The molecule has 2 amide bonds. The van der Waals surface area contributed by atoms with Crippen molar-refractivity contribution in [2.45, 2.75) is 20.1 Å². The highest BCUT2D eigenvalue weighted by molar-refractivity contribution is 5.88. The van der Waals surface area contributed by atoms with Gasteiger partial charge in [-0.3, -0.25) is 5.32 Å². The van der Waals surface area contributed by atoms with E-state index in [4.69, 9.17) is 4.74 Å². The van der Waals surface area contributed by atoms with Crippen LogP contribution in [0.4, 0.5) is 10.6 Å². The van der Waals surface area contributed by atoms with Gasteiger partial charge in [0.05, 0.1) is 0 Å². The fraction of sp³-hybridized carbons (Fsp3) is 0.200. The number of aryl methyl sites for hydroxylation is 1. The van der Waals surface area contributed by atoms with Gasteiger partial charge in [-0.1, -0.05) is 6.07 Å². The number of pyridine rings is 1. The highest BCUT2D eigenvalue weighted by Gasteiger charge is 2.09. The van der Waals surface area contributed by atoms with Gasteiger partial charge in [0.15, 0.2) is 6.23 Å². The van der Waals surface area contributed by atoms with Crippen molar-refractivity contribution < 1.29 is 14.6 Å². The van der Waals surface area contributed by atoms with Gasteiger partial charge in [0.2, 0.25) is 0 Å². The highest BCUT2D eigenvalue weighted by Crippen LogP contribution is 2.16. The summed E-state index contributed by atoms with van der Waals surface area (Å²) in [6, 6.07) is 11.2. The molecule has 0 saturated heterocycles. The van der Waals surface area contributed by atoms with Gasteiger partial charge in [0.1, 0.15) is 17.3 Å². The molecular formula is C15H17N3O3. The van der Waals surface area contributed by atoms with Crippen LogP contribution in [0, 0.1) is 6.92 Å². The molecule has 6 nitrogen and oxygen atoms in total. The maximum Gasteiger partial charge on any atom is 0.323 e. The number of ether oxygens (including phenoxy) is 1. The summed E-state index contributed by atoms with van der Waals surface area (Å²) >= 11 is 0. The lowest BCUT2D eigenvalue weighted by molar-refractivity contribution is 0.183. The molecule has 110 valence electrons. The minimum Gasteiger partial charge on any atom is -0.508 e. The number of amides is 2. The van der Waals surface area contributed by atoms with E-state index < -0.39 is 12.3 Å². The predicted molar refractivity (Wildman–Crippen MR) is 79.3 cm³/mol. The number of nitrogens with one attached hydrogen (secondary N) is 2. The number of carbonyl (C=O) groups is 1. The molecule has 0 saturated carbocycles. The van der Waals surface area contributed by atoms with E-state index in [0.717, 1.165) is 5.69 Å². The third kappa shape index (κ3) is 4.68. The van der Waals surface area contributed by atoms with Gasteiger partial charge in [0, 0.05) is 5.69 Å². The molecule has 1 atom stereocenters. The molecule has 0 radical (unpaired) electrons. The van der Waals surface area contributed by atoms with Gasteiger partial charge in [-0.05, 0) is 50.2 Å². The van der Waals surface area contributed by atoms with E-state index in [-0.39, 0.29) is 5.75 Å². The topological polar surface area (TPSA) is 83.5 Å². The summed E-state index contributed by atoms with van der Waals surface area (Å²) in [7, 11) is 0. The Bertz CT molecular complexity index is 614. The molecule has 21 heavy (non-hydrogen) atoms. The predicted octanol–water partition coefficient (Wildman–Crippen LogP) is 2.64. The standard InChI is InChI=1S/C15H17N3O3/c1-10-4-3-5-14(16-10)18-15(20)17-11(2)21-13-8-6-12(19)7-9-13/h3-9,11,19H,1-2H3,(H2,16,17,18,20). The lowest BCUT2D eigenvalue weighted by Gasteiger charge is -2.16. The SMILES string of the molecule is Cc1cccc(NC(=O)NC(C)Oc2ccc(O)cc2)n1. The van der Waals surface area contributed by atoms with E-state index in [1.165, 1.54) is 12.1 Å². The van der Waals surface area contributed by atoms with Crippen molar-refractivity contribution in [1.82, 2.24) is 10.3 Å². The minimum absolute atomic E-state index is 0.159. The summed E-state index contributed by atoms with van der Waals surface area (Å²) < 4.78 is 5.50. The van der Waals surface area contributed by atoms with Gasteiger partial charge in [0.25, 0.3) is 0 Å². The molecule has 0 spiro atoms. The number of nitrogens with zero attached hydrogens (tertiary/aromatic N) is 1. The average Bonchev–Trinajstić information content (AvgIpc) is 2.41. The Kier molecular flexibility index (Phi) is 4.61. The number of carbonyl (C=O) groups excluding carboxylic acids is 1. The van der Waals surface area contributed by atoms with Crippen LogP contribution in [0.5, 0.6) is 11.5 Å². The summed E-state index contributed by atoms with van der Waals surface area (Å²) in [5.41, 5.74) is 0.821. The molecule has 0 aliphatic rings. The number of benzene rings is 1. The van der Waals surface area contributed by atoms with Crippen LogP contribution in [-0.4, -0.2) is 22.3 Å². The Labute approximate surface area is 122 Å². The molecule has 3 N–H and O–H groups in total. The van der Waals surface area contributed by atoms with Crippen LogP contribution in [0.15, 0.2) is 42.5 Å². The molecule has 2 aromatic rings. The molecule has 0 aliphatic carbocycles. The van der Waals surface area contributed by atoms with Crippen LogP contribution in [0.25, 0.3) is 0 Å². The van der Waals surface area contributed by atoms with Gasteiger partial charge >= 0.3 is 6.03 Å². The van der Waals surface area contributed by atoms with E-state index in [9.17, 15) is 9.90 Å². The van der Waals surface area contributed by atoms with E-state index >= 15 is 0 Å². The molecule has 0 fully saturated rings. The normalized spacial score (nSPS) is 11.5. The number of aromatic nitrogens is 1. The molecule has 1 heterocycles. The Hall–Kier alpha value is -2.76. The Morgan fingerprint density at radius 2 is 1.95 bits per heavy atom. The third-order valence-electron chi connectivity index (χ3n) is 2.61. The van der Waals surface area contributed by atoms with Crippen molar-refractivity contribution in [3.8, 4) is 11.5 Å². The van der Waals surface area contributed by atoms with Gasteiger partial charge in [-0.15, -0.1) is 0 Å². The summed E-state index contributed by atoms with van der Waals surface area (Å²) in [5.74, 6) is 1.19. The highest BCUT2D eigenvalue weighted by atomic mass is 16.5. The van der Waals surface area contributed by atoms with Gasteiger partial charge in [-0.25, -0.2) is 9.78 Å². The van der Waals surface area contributed by atoms with Gasteiger partial charge < -0.3 is 15.2 Å². The first kappa shape index (κ1) is 14.6. The van der Waals surface area contributed by atoms with Crippen LogP contribution in [0.1, 0.15) is 12.6 Å². The summed E-state index contributed by atoms with van der Waals surface area (Å²) in [6.07, 6.45) is -0.528. The van der Waals surface area contributed by atoms with E-state index in [0.29, 0.717) is 11.6 Å². The van der Waals surface area contributed by atoms with E-state index in [2.05, 4.69) is 15.6 Å². The number of hydrogen-bond donors (Lipinski definition) is 3. The Morgan fingerprint density at radius 3 is 2.62 bits per heavy atom.